The number of halogens is 1. The molecule has 8 nitrogen and oxygen atoms in total. The molecule has 132 valence electrons. The highest BCUT2D eigenvalue weighted by Gasteiger charge is 2.33. The maximum Gasteiger partial charge on any atom is 0.283 e. The van der Waals surface area contributed by atoms with E-state index in [9.17, 15) is 19.7 Å². The fourth-order valence-corrected chi connectivity index (χ4v) is 2.89. The number of nitro groups is 1. The summed E-state index contributed by atoms with van der Waals surface area (Å²) in [4.78, 5) is 34.8. The molecule has 0 bridgehead atoms. The highest BCUT2D eigenvalue weighted by atomic mass is 35.5. The van der Waals surface area contributed by atoms with Gasteiger partial charge in [-0.1, -0.05) is 11.6 Å². The van der Waals surface area contributed by atoms with E-state index in [4.69, 9.17) is 28.2 Å². The summed E-state index contributed by atoms with van der Waals surface area (Å²) in [5, 5.41) is 13.8. The molecule has 3 rings (SSSR count). The molecule has 2 heterocycles. The summed E-state index contributed by atoms with van der Waals surface area (Å²) in [6.45, 7) is 1.23. The molecule has 1 N–H and O–H groups in total. The van der Waals surface area contributed by atoms with E-state index in [1.165, 1.54) is 31.2 Å². The Bertz CT molecular complexity index is 998. The molecule has 26 heavy (non-hydrogen) atoms. The Kier molecular flexibility index (Phi) is 4.58. The highest BCUT2D eigenvalue weighted by molar-refractivity contribution is 7.80. The van der Waals surface area contributed by atoms with Gasteiger partial charge in [0, 0.05) is 30.7 Å². The number of furan rings is 1. The first-order chi connectivity index (χ1) is 12.3. The summed E-state index contributed by atoms with van der Waals surface area (Å²) in [7, 11) is 0. The van der Waals surface area contributed by atoms with E-state index < -0.39 is 16.7 Å². The molecule has 1 aliphatic rings. The van der Waals surface area contributed by atoms with Crippen molar-refractivity contribution in [2.45, 2.75) is 6.92 Å². The summed E-state index contributed by atoms with van der Waals surface area (Å²) in [5.74, 6) is -0.512. The van der Waals surface area contributed by atoms with E-state index in [1.54, 1.807) is 12.1 Å². The number of hydrogen-bond acceptors (Lipinski definition) is 6. The van der Waals surface area contributed by atoms with Gasteiger partial charge in [-0.3, -0.25) is 19.7 Å². The van der Waals surface area contributed by atoms with Gasteiger partial charge in [-0.05, 0) is 30.4 Å². The fraction of sp³-hybridized carbons (Fsp3) is 0.0625. The van der Waals surface area contributed by atoms with Crippen LogP contribution in [0.2, 0.25) is 5.02 Å². The van der Waals surface area contributed by atoms with Crippen molar-refractivity contribution in [3.8, 4) is 11.3 Å². The van der Waals surface area contributed by atoms with Crippen molar-refractivity contribution < 1.29 is 18.9 Å². The third kappa shape index (κ3) is 3.22. The maximum atomic E-state index is 12.2. The Labute approximate surface area is 157 Å². The molecule has 0 unspecified atom stereocenters. The van der Waals surface area contributed by atoms with Gasteiger partial charge >= 0.3 is 0 Å². The monoisotopic (exact) mass is 391 g/mol. The number of non-ortho nitro benzene ring substituents is 1. The molecular weight excluding hydrogens is 382 g/mol. The Morgan fingerprint density at radius 2 is 2.12 bits per heavy atom. The Morgan fingerprint density at radius 3 is 2.73 bits per heavy atom. The molecule has 0 radical (unpaired) electrons. The molecule has 0 atom stereocenters. The van der Waals surface area contributed by atoms with Crippen LogP contribution in [0.1, 0.15) is 12.7 Å². The predicted molar refractivity (Wildman–Crippen MR) is 97.0 cm³/mol. The summed E-state index contributed by atoms with van der Waals surface area (Å²) in [6, 6.07) is 7.12. The summed E-state index contributed by atoms with van der Waals surface area (Å²) in [5.41, 5.74) is 0.295. The summed E-state index contributed by atoms with van der Waals surface area (Å²) < 4.78 is 5.60. The van der Waals surface area contributed by atoms with E-state index in [0.29, 0.717) is 11.3 Å². The van der Waals surface area contributed by atoms with Crippen LogP contribution in [0.4, 0.5) is 5.69 Å². The molecule has 1 fully saturated rings. The van der Waals surface area contributed by atoms with Crippen LogP contribution in [0.3, 0.4) is 0 Å². The third-order valence-corrected chi connectivity index (χ3v) is 4.15. The number of hydrogen-bond donors (Lipinski definition) is 1. The van der Waals surface area contributed by atoms with Crippen molar-refractivity contribution in [3.05, 3.63) is 56.9 Å². The number of thiocarbonyl (C=S) groups is 1. The predicted octanol–water partition coefficient (Wildman–Crippen LogP) is 3.11. The summed E-state index contributed by atoms with van der Waals surface area (Å²) >= 11 is 11.0. The number of nitro benzene ring substituents is 1. The minimum Gasteiger partial charge on any atom is -0.457 e. The first kappa shape index (κ1) is 17.8. The van der Waals surface area contributed by atoms with Crippen molar-refractivity contribution in [1.82, 2.24) is 10.2 Å². The Balaban J connectivity index is 1.93. The highest BCUT2D eigenvalue weighted by Crippen LogP contribution is 2.33. The molecule has 1 aromatic heterocycles. The smallest absolute Gasteiger partial charge is 0.283 e. The molecule has 0 spiro atoms. The second-order valence-corrected chi connectivity index (χ2v) is 6.06. The van der Waals surface area contributed by atoms with E-state index >= 15 is 0 Å². The first-order valence-corrected chi connectivity index (χ1v) is 7.98. The fourth-order valence-electron chi connectivity index (χ4n) is 2.35. The van der Waals surface area contributed by atoms with Crippen molar-refractivity contribution in [1.29, 1.82) is 0 Å². The van der Waals surface area contributed by atoms with Gasteiger partial charge in [0.2, 0.25) is 5.91 Å². The van der Waals surface area contributed by atoms with Crippen LogP contribution in [0.5, 0.6) is 0 Å². The number of imide groups is 1. The molecule has 1 aliphatic heterocycles. The van der Waals surface area contributed by atoms with Crippen LogP contribution < -0.4 is 5.32 Å². The van der Waals surface area contributed by atoms with Crippen LogP contribution in [-0.2, 0) is 9.59 Å². The number of benzene rings is 1. The lowest BCUT2D eigenvalue weighted by atomic mass is 10.1. The van der Waals surface area contributed by atoms with Gasteiger partial charge in [-0.15, -0.1) is 0 Å². The molecule has 0 aliphatic carbocycles. The Hall–Kier alpha value is -3.04. The second kappa shape index (κ2) is 6.70. The zero-order valence-corrected chi connectivity index (χ0v) is 14.8. The molecule has 2 aromatic rings. The third-order valence-electron chi connectivity index (χ3n) is 3.53. The summed E-state index contributed by atoms with van der Waals surface area (Å²) in [6.07, 6.45) is 1.38. The number of carbonyl (C=O) groups excluding carboxylic acids is 2. The minimum atomic E-state index is -0.589. The van der Waals surface area contributed by atoms with E-state index in [0.717, 1.165) is 4.90 Å². The van der Waals surface area contributed by atoms with Gasteiger partial charge in [-0.2, -0.15) is 0 Å². The number of nitrogens with zero attached hydrogens (tertiary/aromatic N) is 2. The zero-order valence-electron chi connectivity index (χ0n) is 13.2. The number of nitrogens with one attached hydrogen (secondary N) is 1. The van der Waals surface area contributed by atoms with Crippen molar-refractivity contribution in [3.63, 3.8) is 0 Å². The lowest BCUT2D eigenvalue weighted by Crippen LogP contribution is -2.34. The van der Waals surface area contributed by atoms with Crippen molar-refractivity contribution >= 4 is 52.5 Å². The quantitative estimate of drug-likeness (QED) is 0.371. The second-order valence-electron chi connectivity index (χ2n) is 5.27. The van der Waals surface area contributed by atoms with Crippen LogP contribution in [0.15, 0.2) is 40.4 Å². The van der Waals surface area contributed by atoms with Crippen LogP contribution in [0, 0.1) is 10.1 Å². The van der Waals surface area contributed by atoms with Crippen LogP contribution in [-0.4, -0.2) is 26.8 Å². The van der Waals surface area contributed by atoms with Gasteiger partial charge in [-0.25, -0.2) is 4.90 Å². The van der Waals surface area contributed by atoms with Crippen molar-refractivity contribution in [2.75, 3.05) is 0 Å². The largest absolute Gasteiger partial charge is 0.457 e. The van der Waals surface area contributed by atoms with Gasteiger partial charge in [0.1, 0.15) is 17.2 Å². The first-order valence-electron chi connectivity index (χ1n) is 7.20. The Morgan fingerprint density at radius 1 is 1.38 bits per heavy atom. The molecule has 0 saturated carbocycles. The minimum absolute atomic E-state index is 0.0118. The lowest BCUT2D eigenvalue weighted by molar-refractivity contribution is -0.384. The molecule has 10 heteroatoms. The molecule has 1 aromatic carbocycles. The van der Waals surface area contributed by atoms with E-state index in [1.807, 2.05) is 0 Å². The average Bonchev–Trinajstić information content (AvgIpc) is 3.12. The molecule has 2 amide bonds. The van der Waals surface area contributed by atoms with Gasteiger partial charge in [0.05, 0.1) is 9.95 Å². The van der Waals surface area contributed by atoms with E-state index in [2.05, 4.69) is 5.32 Å². The van der Waals surface area contributed by atoms with Gasteiger partial charge in [0.15, 0.2) is 5.11 Å². The maximum absolute atomic E-state index is 12.2. The lowest BCUT2D eigenvalue weighted by Gasteiger charge is -2.06. The van der Waals surface area contributed by atoms with Crippen LogP contribution in [0.25, 0.3) is 17.4 Å². The van der Waals surface area contributed by atoms with E-state index in [-0.39, 0.29) is 27.3 Å². The standard InChI is InChI=1S/C16H10ClN3O5S/c1-8(21)19-15(22)13(18-16(19)26)7-10-3-5-14(25-10)11-6-9(20(23)24)2-4-12(11)17/h2-7H,1H3,(H,18,26)/b13-7+. The number of rotatable bonds is 3. The number of amides is 2. The van der Waals surface area contributed by atoms with Crippen molar-refractivity contribution in [2.24, 2.45) is 0 Å². The van der Waals surface area contributed by atoms with Crippen LogP contribution >= 0.6 is 23.8 Å². The van der Waals surface area contributed by atoms with Gasteiger partial charge < -0.3 is 9.73 Å². The zero-order chi connectivity index (χ0) is 19.0. The SMILES string of the molecule is CC(=O)N1C(=O)/C(=C\c2ccc(-c3cc([N+](=O)[O-])ccc3Cl)o2)NC1=S. The molecule has 1 saturated heterocycles. The normalized spacial score (nSPS) is 15.5. The number of carbonyl (C=O) groups is 2. The average molecular weight is 392 g/mol. The van der Waals surface area contributed by atoms with Gasteiger partial charge in [0.25, 0.3) is 11.6 Å². The molecular formula is C16H10ClN3O5S. The topological polar surface area (TPSA) is 106 Å².